The van der Waals surface area contributed by atoms with E-state index in [4.69, 9.17) is 23.2 Å². The summed E-state index contributed by atoms with van der Waals surface area (Å²) in [7, 11) is 0. The van der Waals surface area contributed by atoms with Crippen LogP contribution in [0.4, 0.5) is 4.79 Å². The minimum atomic E-state index is -1.21. The topological polar surface area (TPSA) is 49.4 Å². The van der Waals surface area contributed by atoms with Gasteiger partial charge in [0.05, 0.1) is 6.54 Å². The van der Waals surface area contributed by atoms with Gasteiger partial charge in [-0.2, -0.15) is 0 Å². The molecule has 1 heterocycles. The fraction of sp³-hybridized carbons (Fsp3) is 0.222. The number of rotatable bonds is 3. The maximum atomic E-state index is 12.9. The zero-order valence-corrected chi connectivity index (χ0v) is 14.8. The molecular formula is C18H16Cl2N2O2. The third kappa shape index (κ3) is 2.87. The van der Waals surface area contributed by atoms with Crippen molar-refractivity contribution in [1.29, 1.82) is 0 Å². The lowest BCUT2D eigenvalue weighted by Crippen LogP contribution is -2.41. The molecule has 1 N–H and O–H groups in total. The van der Waals surface area contributed by atoms with E-state index >= 15 is 0 Å². The maximum absolute atomic E-state index is 12.9. The van der Waals surface area contributed by atoms with Crippen LogP contribution >= 0.6 is 23.2 Å². The van der Waals surface area contributed by atoms with Crippen molar-refractivity contribution in [1.82, 2.24) is 10.2 Å². The van der Waals surface area contributed by atoms with Crippen molar-refractivity contribution in [3.8, 4) is 0 Å². The lowest BCUT2D eigenvalue weighted by Gasteiger charge is -2.23. The van der Waals surface area contributed by atoms with Gasteiger partial charge in [0.2, 0.25) is 0 Å². The van der Waals surface area contributed by atoms with Gasteiger partial charge < -0.3 is 5.32 Å². The summed E-state index contributed by atoms with van der Waals surface area (Å²) in [6.45, 7) is 3.83. The molecule has 1 fully saturated rings. The normalized spacial score (nSPS) is 20.4. The van der Waals surface area contributed by atoms with Crippen LogP contribution in [-0.4, -0.2) is 16.8 Å². The first kappa shape index (κ1) is 16.8. The number of nitrogens with zero attached hydrogens (tertiary/aromatic N) is 1. The molecule has 2 aromatic rings. The van der Waals surface area contributed by atoms with Crippen LogP contribution in [0.2, 0.25) is 10.0 Å². The second-order valence-electron chi connectivity index (χ2n) is 6.06. The van der Waals surface area contributed by atoms with Crippen LogP contribution < -0.4 is 5.32 Å². The molecule has 0 radical (unpaired) electrons. The van der Waals surface area contributed by atoms with Gasteiger partial charge in [0.1, 0.15) is 5.54 Å². The molecule has 3 rings (SSSR count). The summed E-state index contributed by atoms with van der Waals surface area (Å²) in [5, 5.41) is 3.57. The van der Waals surface area contributed by atoms with E-state index in [9.17, 15) is 9.59 Å². The molecule has 3 amide bonds. The average molecular weight is 363 g/mol. The quantitative estimate of drug-likeness (QED) is 0.828. The third-order valence-electron chi connectivity index (χ3n) is 4.17. The van der Waals surface area contributed by atoms with Crippen molar-refractivity contribution in [2.45, 2.75) is 25.9 Å². The summed E-state index contributed by atoms with van der Waals surface area (Å²) in [6.07, 6.45) is 0. The monoisotopic (exact) mass is 362 g/mol. The Morgan fingerprint density at radius 3 is 2.54 bits per heavy atom. The van der Waals surface area contributed by atoms with Gasteiger partial charge in [0.25, 0.3) is 5.91 Å². The van der Waals surface area contributed by atoms with Gasteiger partial charge >= 0.3 is 6.03 Å². The Kier molecular flexibility index (Phi) is 4.28. The number of amides is 3. The number of carbonyl (C=O) groups is 2. The predicted octanol–water partition coefficient (Wildman–Crippen LogP) is 4.27. The van der Waals surface area contributed by atoms with Gasteiger partial charge in [-0.05, 0) is 31.5 Å². The fourth-order valence-electron chi connectivity index (χ4n) is 2.91. The van der Waals surface area contributed by atoms with Gasteiger partial charge in [0, 0.05) is 15.6 Å². The van der Waals surface area contributed by atoms with E-state index in [2.05, 4.69) is 5.32 Å². The van der Waals surface area contributed by atoms with Crippen molar-refractivity contribution < 1.29 is 9.59 Å². The van der Waals surface area contributed by atoms with Crippen LogP contribution in [0.5, 0.6) is 0 Å². The summed E-state index contributed by atoms with van der Waals surface area (Å²) in [4.78, 5) is 26.5. The van der Waals surface area contributed by atoms with E-state index in [0.29, 0.717) is 15.6 Å². The van der Waals surface area contributed by atoms with Crippen LogP contribution in [0.3, 0.4) is 0 Å². The molecule has 0 aliphatic carbocycles. The molecule has 0 aromatic heterocycles. The molecule has 6 heteroatoms. The Bertz CT molecular complexity index is 838. The number of hydrogen-bond donors (Lipinski definition) is 1. The Morgan fingerprint density at radius 1 is 1.12 bits per heavy atom. The summed E-state index contributed by atoms with van der Waals surface area (Å²) < 4.78 is 0. The van der Waals surface area contributed by atoms with Crippen LogP contribution in [0.1, 0.15) is 23.6 Å². The van der Waals surface area contributed by atoms with Crippen molar-refractivity contribution in [3.05, 3.63) is 69.2 Å². The molecule has 1 aliphatic heterocycles. The molecule has 1 saturated heterocycles. The van der Waals surface area contributed by atoms with Gasteiger partial charge in [-0.15, -0.1) is 0 Å². The minimum absolute atomic E-state index is 0.215. The Hall–Kier alpha value is -2.04. The Morgan fingerprint density at radius 2 is 1.88 bits per heavy atom. The number of carbonyl (C=O) groups excluding carboxylic acids is 2. The largest absolute Gasteiger partial charge is 0.325 e. The molecule has 0 saturated carbocycles. The van der Waals surface area contributed by atoms with Crippen molar-refractivity contribution in [2.75, 3.05) is 0 Å². The summed E-state index contributed by atoms with van der Waals surface area (Å²) in [6, 6.07) is 12.1. The highest BCUT2D eigenvalue weighted by Crippen LogP contribution is 2.35. The molecule has 2 aromatic carbocycles. The van der Waals surface area contributed by atoms with E-state index in [0.717, 1.165) is 11.1 Å². The number of benzene rings is 2. The summed E-state index contributed by atoms with van der Waals surface area (Å²) >= 11 is 12.2. The summed E-state index contributed by atoms with van der Waals surface area (Å²) in [5.41, 5.74) is 1.29. The zero-order chi connectivity index (χ0) is 17.5. The van der Waals surface area contributed by atoms with E-state index in [1.807, 2.05) is 31.2 Å². The molecule has 124 valence electrons. The first-order valence-electron chi connectivity index (χ1n) is 7.46. The van der Waals surface area contributed by atoms with Gasteiger partial charge in [-0.3, -0.25) is 9.69 Å². The molecule has 24 heavy (non-hydrogen) atoms. The van der Waals surface area contributed by atoms with Crippen molar-refractivity contribution in [2.24, 2.45) is 0 Å². The maximum Gasteiger partial charge on any atom is 0.325 e. The second kappa shape index (κ2) is 6.11. The number of imide groups is 1. The minimum Gasteiger partial charge on any atom is -0.319 e. The molecule has 0 spiro atoms. The first-order chi connectivity index (χ1) is 11.3. The number of aryl methyl sites for hydroxylation is 1. The van der Waals surface area contributed by atoms with Gasteiger partial charge in [-0.1, -0.05) is 59.1 Å². The summed E-state index contributed by atoms with van der Waals surface area (Å²) in [5.74, 6) is -0.335. The lowest BCUT2D eigenvalue weighted by atomic mass is 9.92. The van der Waals surface area contributed by atoms with E-state index < -0.39 is 11.6 Å². The Labute approximate surface area is 150 Å². The molecule has 0 unspecified atom stereocenters. The highest BCUT2D eigenvalue weighted by molar-refractivity contribution is 6.35. The van der Waals surface area contributed by atoms with Crippen molar-refractivity contribution >= 4 is 35.1 Å². The number of halogens is 2. The SMILES string of the molecule is Cc1cccc(CN2C(=O)N[C@@](C)(c3ccc(Cl)cc3Cl)C2=O)c1. The van der Waals surface area contributed by atoms with E-state index in [-0.39, 0.29) is 12.5 Å². The molecular weight excluding hydrogens is 347 g/mol. The van der Waals surface area contributed by atoms with Crippen LogP contribution in [0.25, 0.3) is 0 Å². The van der Waals surface area contributed by atoms with Gasteiger partial charge in [-0.25, -0.2) is 4.79 Å². The molecule has 4 nitrogen and oxygen atoms in total. The highest BCUT2D eigenvalue weighted by Gasteiger charge is 2.49. The number of nitrogens with one attached hydrogen (secondary N) is 1. The van der Waals surface area contributed by atoms with Gasteiger partial charge in [0.15, 0.2) is 0 Å². The lowest BCUT2D eigenvalue weighted by molar-refractivity contribution is -0.131. The van der Waals surface area contributed by atoms with Crippen LogP contribution in [-0.2, 0) is 16.9 Å². The molecule has 1 aliphatic rings. The van der Waals surface area contributed by atoms with E-state index in [1.54, 1.807) is 25.1 Å². The van der Waals surface area contributed by atoms with Crippen LogP contribution in [0, 0.1) is 6.92 Å². The highest BCUT2D eigenvalue weighted by atomic mass is 35.5. The average Bonchev–Trinajstić information content (AvgIpc) is 2.71. The Balaban J connectivity index is 1.93. The number of hydrogen-bond acceptors (Lipinski definition) is 2. The standard InChI is InChI=1S/C18H16Cl2N2O2/c1-11-4-3-5-12(8-11)10-22-16(23)18(2,21-17(22)24)14-7-6-13(19)9-15(14)20/h3-9H,10H2,1-2H3,(H,21,24)/t18-/m0/s1. The number of urea groups is 1. The fourth-order valence-corrected chi connectivity index (χ4v) is 3.51. The zero-order valence-electron chi connectivity index (χ0n) is 13.3. The van der Waals surface area contributed by atoms with Crippen molar-refractivity contribution in [3.63, 3.8) is 0 Å². The smallest absolute Gasteiger partial charge is 0.319 e. The third-order valence-corrected chi connectivity index (χ3v) is 4.72. The van der Waals surface area contributed by atoms with Crippen LogP contribution in [0.15, 0.2) is 42.5 Å². The second-order valence-corrected chi connectivity index (χ2v) is 6.90. The molecule has 0 bridgehead atoms. The molecule has 1 atom stereocenters. The first-order valence-corrected chi connectivity index (χ1v) is 8.22. The predicted molar refractivity (Wildman–Crippen MR) is 94.1 cm³/mol. The van der Waals surface area contributed by atoms with E-state index in [1.165, 1.54) is 4.90 Å².